The first-order valence-corrected chi connectivity index (χ1v) is 6.88. The number of benzene rings is 2. The standard InChI is InChI=1S/C17H18O4/c1-2-19-12-13-20-17(18)21-16-11-7-6-10-15(16)14-8-4-3-5-9-14/h3-11H,2,12-13H2,1H3. The van der Waals surface area contributed by atoms with Crippen LogP contribution in [0.1, 0.15) is 6.92 Å². The second-order valence-electron chi connectivity index (χ2n) is 4.26. The molecule has 0 fully saturated rings. The Labute approximate surface area is 124 Å². The molecule has 0 aliphatic carbocycles. The number of ether oxygens (including phenoxy) is 3. The summed E-state index contributed by atoms with van der Waals surface area (Å²) >= 11 is 0. The molecule has 4 nitrogen and oxygen atoms in total. The predicted molar refractivity (Wildman–Crippen MR) is 80.3 cm³/mol. The van der Waals surface area contributed by atoms with Crippen molar-refractivity contribution in [2.75, 3.05) is 19.8 Å². The fraction of sp³-hybridized carbons (Fsp3) is 0.235. The topological polar surface area (TPSA) is 44.8 Å². The molecular formula is C17H18O4. The molecule has 0 saturated carbocycles. The summed E-state index contributed by atoms with van der Waals surface area (Å²) in [5.41, 5.74) is 1.83. The summed E-state index contributed by atoms with van der Waals surface area (Å²) < 4.78 is 15.3. The van der Waals surface area contributed by atoms with Crippen LogP contribution in [0.25, 0.3) is 11.1 Å². The van der Waals surface area contributed by atoms with E-state index in [0.29, 0.717) is 19.0 Å². The SMILES string of the molecule is CCOCCOC(=O)Oc1ccccc1-c1ccccc1. The number of carbonyl (C=O) groups excluding carboxylic acids is 1. The highest BCUT2D eigenvalue weighted by molar-refractivity contribution is 5.74. The molecule has 0 spiro atoms. The first-order valence-electron chi connectivity index (χ1n) is 6.88. The minimum absolute atomic E-state index is 0.181. The van der Waals surface area contributed by atoms with Crippen LogP contribution in [0.5, 0.6) is 5.75 Å². The fourth-order valence-electron chi connectivity index (χ4n) is 1.86. The van der Waals surface area contributed by atoms with Gasteiger partial charge in [-0.25, -0.2) is 4.79 Å². The average molecular weight is 286 g/mol. The normalized spacial score (nSPS) is 10.1. The lowest BCUT2D eigenvalue weighted by Gasteiger charge is -2.10. The lowest BCUT2D eigenvalue weighted by Crippen LogP contribution is -2.14. The van der Waals surface area contributed by atoms with Crippen LogP contribution in [-0.2, 0) is 9.47 Å². The van der Waals surface area contributed by atoms with Crippen LogP contribution in [0.2, 0.25) is 0 Å². The van der Waals surface area contributed by atoms with Crippen molar-refractivity contribution in [3.8, 4) is 16.9 Å². The van der Waals surface area contributed by atoms with Gasteiger partial charge < -0.3 is 14.2 Å². The number of para-hydroxylation sites is 1. The maximum Gasteiger partial charge on any atom is 0.513 e. The third-order valence-corrected chi connectivity index (χ3v) is 2.82. The summed E-state index contributed by atoms with van der Waals surface area (Å²) in [6, 6.07) is 17.1. The Kier molecular flexibility index (Phi) is 5.79. The molecule has 0 N–H and O–H groups in total. The molecule has 0 aliphatic heterocycles. The van der Waals surface area contributed by atoms with E-state index in [1.807, 2.05) is 55.5 Å². The second-order valence-corrected chi connectivity index (χ2v) is 4.26. The zero-order valence-corrected chi connectivity index (χ0v) is 12.0. The smallest absolute Gasteiger partial charge is 0.432 e. The van der Waals surface area contributed by atoms with Gasteiger partial charge in [0, 0.05) is 12.2 Å². The molecule has 0 aliphatic rings. The molecular weight excluding hydrogens is 268 g/mol. The van der Waals surface area contributed by atoms with Crippen LogP contribution in [0, 0.1) is 0 Å². The van der Waals surface area contributed by atoms with E-state index in [9.17, 15) is 4.79 Å². The number of rotatable bonds is 6. The van der Waals surface area contributed by atoms with Crippen LogP contribution in [0.15, 0.2) is 54.6 Å². The summed E-state index contributed by atoms with van der Waals surface area (Å²) in [4.78, 5) is 11.7. The molecule has 2 aromatic rings. The van der Waals surface area contributed by atoms with Gasteiger partial charge in [0.1, 0.15) is 12.4 Å². The zero-order valence-electron chi connectivity index (χ0n) is 12.0. The first kappa shape index (κ1) is 15.1. The molecule has 21 heavy (non-hydrogen) atoms. The van der Waals surface area contributed by atoms with Gasteiger partial charge in [0.2, 0.25) is 0 Å². The largest absolute Gasteiger partial charge is 0.513 e. The van der Waals surface area contributed by atoms with E-state index in [-0.39, 0.29) is 6.61 Å². The van der Waals surface area contributed by atoms with E-state index in [0.717, 1.165) is 11.1 Å². The maximum atomic E-state index is 11.7. The highest BCUT2D eigenvalue weighted by Gasteiger charge is 2.11. The van der Waals surface area contributed by atoms with Gasteiger partial charge in [0.15, 0.2) is 0 Å². The van der Waals surface area contributed by atoms with Crippen molar-refractivity contribution < 1.29 is 19.0 Å². The zero-order chi connectivity index (χ0) is 14.9. The van der Waals surface area contributed by atoms with Crippen molar-refractivity contribution in [3.05, 3.63) is 54.6 Å². The van der Waals surface area contributed by atoms with Gasteiger partial charge in [-0.2, -0.15) is 0 Å². The summed E-state index contributed by atoms with van der Waals surface area (Å²) in [7, 11) is 0. The lowest BCUT2D eigenvalue weighted by molar-refractivity contribution is 0.0561. The highest BCUT2D eigenvalue weighted by Crippen LogP contribution is 2.29. The lowest BCUT2D eigenvalue weighted by atomic mass is 10.1. The third-order valence-electron chi connectivity index (χ3n) is 2.82. The Morgan fingerprint density at radius 3 is 2.43 bits per heavy atom. The molecule has 0 saturated heterocycles. The van der Waals surface area contributed by atoms with Gasteiger partial charge in [-0.05, 0) is 18.6 Å². The van der Waals surface area contributed by atoms with E-state index >= 15 is 0 Å². The minimum atomic E-state index is -0.724. The Balaban J connectivity index is 2.02. The van der Waals surface area contributed by atoms with Crippen LogP contribution >= 0.6 is 0 Å². The highest BCUT2D eigenvalue weighted by atomic mass is 16.7. The molecule has 0 heterocycles. The van der Waals surface area contributed by atoms with E-state index in [1.54, 1.807) is 6.07 Å². The van der Waals surface area contributed by atoms with Crippen LogP contribution < -0.4 is 4.74 Å². The Bertz CT molecular complexity index is 566. The third kappa shape index (κ3) is 4.61. The summed E-state index contributed by atoms with van der Waals surface area (Å²) in [5, 5.41) is 0. The van der Waals surface area contributed by atoms with Gasteiger partial charge in [-0.3, -0.25) is 0 Å². The molecule has 0 amide bonds. The summed E-state index contributed by atoms with van der Waals surface area (Å²) in [6.45, 7) is 3.02. The van der Waals surface area contributed by atoms with Gasteiger partial charge in [-0.1, -0.05) is 48.5 Å². The van der Waals surface area contributed by atoms with E-state index in [1.165, 1.54) is 0 Å². The van der Waals surface area contributed by atoms with Gasteiger partial charge in [0.05, 0.1) is 6.61 Å². The quantitative estimate of drug-likeness (QED) is 0.459. The number of hydrogen-bond acceptors (Lipinski definition) is 4. The van der Waals surface area contributed by atoms with Gasteiger partial charge in [0.25, 0.3) is 0 Å². The molecule has 0 bridgehead atoms. The van der Waals surface area contributed by atoms with Crippen LogP contribution in [0.3, 0.4) is 0 Å². The molecule has 2 aromatic carbocycles. The molecule has 0 aromatic heterocycles. The Morgan fingerprint density at radius 1 is 0.952 bits per heavy atom. The van der Waals surface area contributed by atoms with Gasteiger partial charge >= 0.3 is 6.16 Å². The van der Waals surface area contributed by atoms with Crippen molar-refractivity contribution in [1.82, 2.24) is 0 Å². The molecule has 0 atom stereocenters. The molecule has 0 radical (unpaired) electrons. The van der Waals surface area contributed by atoms with Crippen LogP contribution in [-0.4, -0.2) is 26.0 Å². The second kappa shape index (κ2) is 8.07. The van der Waals surface area contributed by atoms with Crippen molar-refractivity contribution in [1.29, 1.82) is 0 Å². The Morgan fingerprint density at radius 2 is 1.67 bits per heavy atom. The minimum Gasteiger partial charge on any atom is -0.432 e. The van der Waals surface area contributed by atoms with E-state index < -0.39 is 6.16 Å². The number of hydrogen-bond donors (Lipinski definition) is 0. The van der Waals surface area contributed by atoms with Crippen molar-refractivity contribution in [2.45, 2.75) is 6.92 Å². The molecule has 2 rings (SSSR count). The maximum absolute atomic E-state index is 11.7. The van der Waals surface area contributed by atoms with Crippen LogP contribution in [0.4, 0.5) is 4.79 Å². The summed E-state index contributed by atoms with van der Waals surface area (Å²) in [5.74, 6) is 0.477. The van der Waals surface area contributed by atoms with E-state index in [4.69, 9.17) is 14.2 Å². The molecule has 0 unspecified atom stereocenters. The molecule has 110 valence electrons. The van der Waals surface area contributed by atoms with Crippen molar-refractivity contribution in [2.24, 2.45) is 0 Å². The predicted octanol–water partition coefficient (Wildman–Crippen LogP) is 3.91. The summed E-state index contributed by atoms with van der Waals surface area (Å²) in [6.07, 6.45) is -0.724. The average Bonchev–Trinajstić information content (AvgIpc) is 2.53. The molecule has 4 heteroatoms. The van der Waals surface area contributed by atoms with Crippen molar-refractivity contribution in [3.63, 3.8) is 0 Å². The fourth-order valence-corrected chi connectivity index (χ4v) is 1.86. The first-order chi connectivity index (χ1) is 10.3. The number of carbonyl (C=O) groups is 1. The Hall–Kier alpha value is -2.33. The monoisotopic (exact) mass is 286 g/mol. The van der Waals surface area contributed by atoms with Crippen molar-refractivity contribution >= 4 is 6.16 Å². The van der Waals surface area contributed by atoms with E-state index in [2.05, 4.69) is 0 Å². The van der Waals surface area contributed by atoms with Gasteiger partial charge in [-0.15, -0.1) is 0 Å².